The minimum atomic E-state index is 0.607. The van der Waals surface area contributed by atoms with Gasteiger partial charge in [0.15, 0.2) is 11.2 Å². The number of aromatic nitrogens is 3. The number of fused-ring (bicyclic) bond motifs is 5. The molecule has 0 aliphatic rings. The number of nitriles is 1. The molecule has 0 saturated heterocycles. The molecule has 0 aliphatic carbocycles. The number of oxazole rings is 2. The van der Waals surface area contributed by atoms with Gasteiger partial charge in [-0.2, -0.15) is 5.26 Å². The van der Waals surface area contributed by atoms with Crippen molar-refractivity contribution in [2.75, 3.05) is 0 Å². The summed E-state index contributed by atoms with van der Waals surface area (Å²) < 4.78 is 14.7. The third-order valence-corrected chi connectivity index (χ3v) is 9.50. The quantitative estimate of drug-likeness (QED) is 0.184. The molecule has 0 unspecified atom stereocenters. The van der Waals surface area contributed by atoms with Crippen LogP contribution in [-0.4, -0.2) is 14.5 Å². The lowest BCUT2D eigenvalue weighted by atomic mass is 10.00. The second-order valence-electron chi connectivity index (χ2n) is 12.6. The van der Waals surface area contributed by atoms with Crippen LogP contribution in [0.4, 0.5) is 0 Å². The van der Waals surface area contributed by atoms with Crippen LogP contribution >= 0.6 is 0 Å². The second-order valence-corrected chi connectivity index (χ2v) is 12.6. The van der Waals surface area contributed by atoms with Gasteiger partial charge < -0.3 is 13.4 Å². The molecule has 0 N–H and O–H groups in total. The van der Waals surface area contributed by atoms with E-state index in [1.165, 1.54) is 0 Å². The highest BCUT2D eigenvalue weighted by Crippen LogP contribution is 2.39. The molecule has 0 saturated carbocycles. The van der Waals surface area contributed by atoms with Crippen molar-refractivity contribution in [3.05, 3.63) is 163 Å². The van der Waals surface area contributed by atoms with Crippen LogP contribution in [0.3, 0.4) is 0 Å². The minimum Gasteiger partial charge on any atom is -0.436 e. The molecule has 238 valence electrons. The van der Waals surface area contributed by atoms with Crippen molar-refractivity contribution in [3.8, 4) is 56.9 Å². The van der Waals surface area contributed by atoms with E-state index in [9.17, 15) is 5.26 Å². The standard InChI is InChI=1S/C45H26N4O2/c46-27-28-11-17-35(18-12-28)49-40-21-15-31(33-13-19-38-42(25-33)50-44(47-38)29-7-3-1-4-8-29)23-36(40)37-24-32(16-22-41(37)49)34-14-20-39-43(26-34)51-45(48-39)30-9-5-2-6-10-30/h1-26H. The topological polar surface area (TPSA) is 80.8 Å². The normalized spacial score (nSPS) is 11.5. The largest absolute Gasteiger partial charge is 0.436 e. The van der Waals surface area contributed by atoms with Gasteiger partial charge in [0, 0.05) is 27.6 Å². The lowest BCUT2D eigenvalue weighted by Crippen LogP contribution is -1.94. The Labute approximate surface area is 292 Å². The Morgan fingerprint density at radius 2 is 0.902 bits per heavy atom. The molecule has 0 amide bonds. The summed E-state index contributed by atoms with van der Waals surface area (Å²) in [6.07, 6.45) is 0. The Bertz CT molecular complexity index is 2790. The number of hydrogen-bond acceptors (Lipinski definition) is 5. The average Bonchev–Trinajstić information content (AvgIpc) is 3.91. The highest BCUT2D eigenvalue weighted by molar-refractivity contribution is 6.12. The predicted molar refractivity (Wildman–Crippen MR) is 202 cm³/mol. The Morgan fingerprint density at radius 1 is 0.451 bits per heavy atom. The van der Waals surface area contributed by atoms with Gasteiger partial charge in [-0.25, -0.2) is 9.97 Å². The van der Waals surface area contributed by atoms with E-state index < -0.39 is 0 Å². The summed E-state index contributed by atoms with van der Waals surface area (Å²) in [4.78, 5) is 9.46. The van der Waals surface area contributed by atoms with Crippen molar-refractivity contribution in [1.29, 1.82) is 5.26 Å². The summed E-state index contributed by atoms with van der Waals surface area (Å²) in [6.45, 7) is 0. The number of hydrogen-bond donors (Lipinski definition) is 0. The second kappa shape index (κ2) is 11.4. The molecule has 0 fully saturated rings. The molecule has 51 heavy (non-hydrogen) atoms. The maximum Gasteiger partial charge on any atom is 0.227 e. The molecule has 6 heteroatoms. The molecular weight excluding hydrogens is 629 g/mol. The van der Waals surface area contributed by atoms with Crippen LogP contribution < -0.4 is 0 Å². The molecule has 3 aromatic heterocycles. The van der Waals surface area contributed by atoms with E-state index in [0.29, 0.717) is 17.3 Å². The SMILES string of the molecule is N#Cc1ccc(-n2c3ccc(-c4ccc5nc(-c6ccccc6)oc5c4)cc3c3cc(-c4ccc5nc(-c6ccccc6)oc5c4)ccc32)cc1. The molecule has 0 aliphatic heterocycles. The minimum absolute atomic E-state index is 0.607. The van der Waals surface area contributed by atoms with E-state index in [0.717, 1.165) is 83.1 Å². The third kappa shape index (κ3) is 4.87. The first-order chi connectivity index (χ1) is 25.2. The van der Waals surface area contributed by atoms with Gasteiger partial charge in [-0.1, -0.05) is 60.7 Å². The van der Waals surface area contributed by atoms with Crippen molar-refractivity contribution < 1.29 is 8.83 Å². The monoisotopic (exact) mass is 654 g/mol. The predicted octanol–water partition coefficient (Wildman–Crippen LogP) is 11.6. The fourth-order valence-electron chi connectivity index (χ4n) is 6.96. The van der Waals surface area contributed by atoms with E-state index >= 15 is 0 Å². The van der Waals surface area contributed by atoms with Crippen molar-refractivity contribution in [2.24, 2.45) is 0 Å². The summed E-state index contributed by atoms with van der Waals surface area (Å²) in [5, 5.41) is 11.7. The summed E-state index contributed by atoms with van der Waals surface area (Å²) in [5.41, 5.74) is 13.0. The summed E-state index contributed by atoms with van der Waals surface area (Å²) in [6, 6.07) is 55.4. The Hall–Kier alpha value is -7.23. The molecule has 6 nitrogen and oxygen atoms in total. The van der Waals surface area contributed by atoms with Gasteiger partial charge in [0.2, 0.25) is 11.8 Å². The zero-order valence-corrected chi connectivity index (χ0v) is 27.1. The van der Waals surface area contributed by atoms with Gasteiger partial charge in [0.25, 0.3) is 0 Å². The number of benzene rings is 7. The van der Waals surface area contributed by atoms with Gasteiger partial charge in [0.1, 0.15) is 11.0 Å². The smallest absolute Gasteiger partial charge is 0.227 e. The van der Waals surface area contributed by atoms with Gasteiger partial charge in [-0.15, -0.1) is 0 Å². The van der Waals surface area contributed by atoms with Crippen LogP contribution in [0.25, 0.3) is 94.9 Å². The molecular formula is C45H26N4O2. The highest BCUT2D eigenvalue weighted by atomic mass is 16.4. The van der Waals surface area contributed by atoms with Gasteiger partial charge in [0.05, 0.1) is 22.7 Å². The lowest BCUT2D eigenvalue weighted by molar-refractivity contribution is 0.619. The van der Waals surface area contributed by atoms with Crippen molar-refractivity contribution in [1.82, 2.24) is 14.5 Å². The van der Waals surface area contributed by atoms with Crippen LogP contribution in [0.15, 0.2) is 167 Å². The maximum atomic E-state index is 9.45. The Balaban J connectivity index is 1.12. The molecule has 10 aromatic rings. The van der Waals surface area contributed by atoms with Crippen LogP contribution in [0.1, 0.15) is 5.56 Å². The third-order valence-electron chi connectivity index (χ3n) is 9.50. The zero-order valence-electron chi connectivity index (χ0n) is 27.1. The maximum absolute atomic E-state index is 9.45. The molecule has 3 heterocycles. The zero-order chi connectivity index (χ0) is 33.9. The van der Waals surface area contributed by atoms with Crippen LogP contribution in [0.5, 0.6) is 0 Å². The Morgan fingerprint density at radius 3 is 1.37 bits per heavy atom. The molecule has 0 bridgehead atoms. The van der Waals surface area contributed by atoms with Crippen molar-refractivity contribution in [2.45, 2.75) is 0 Å². The van der Waals surface area contributed by atoms with E-state index in [-0.39, 0.29) is 0 Å². The van der Waals surface area contributed by atoms with Gasteiger partial charge in [-0.3, -0.25) is 0 Å². The Kier molecular flexibility index (Phi) is 6.45. The summed E-state index contributed by atoms with van der Waals surface area (Å²) >= 11 is 0. The highest BCUT2D eigenvalue weighted by Gasteiger charge is 2.17. The van der Waals surface area contributed by atoms with E-state index in [1.807, 2.05) is 97.1 Å². The first-order valence-electron chi connectivity index (χ1n) is 16.7. The van der Waals surface area contributed by atoms with E-state index in [1.54, 1.807) is 0 Å². The number of nitrogens with zero attached hydrogens (tertiary/aromatic N) is 4. The average molecular weight is 655 g/mol. The van der Waals surface area contributed by atoms with E-state index in [2.05, 4.69) is 71.3 Å². The van der Waals surface area contributed by atoms with Crippen LogP contribution in [-0.2, 0) is 0 Å². The van der Waals surface area contributed by atoms with E-state index in [4.69, 9.17) is 18.8 Å². The first kappa shape index (κ1) is 28.8. The number of rotatable bonds is 5. The molecule has 0 spiro atoms. The van der Waals surface area contributed by atoms with Crippen molar-refractivity contribution in [3.63, 3.8) is 0 Å². The molecule has 0 atom stereocenters. The van der Waals surface area contributed by atoms with Crippen molar-refractivity contribution >= 4 is 44.0 Å². The summed E-state index contributed by atoms with van der Waals surface area (Å²) in [5.74, 6) is 1.21. The summed E-state index contributed by atoms with van der Waals surface area (Å²) in [7, 11) is 0. The van der Waals surface area contributed by atoms with Gasteiger partial charge in [-0.05, 0) is 119 Å². The lowest BCUT2D eigenvalue weighted by Gasteiger charge is -2.09. The molecule has 0 radical (unpaired) electrons. The van der Waals surface area contributed by atoms with Crippen LogP contribution in [0, 0.1) is 11.3 Å². The first-order valence-corrected chi connectivity index (χ1v) is 16.7. The van der Waals surface area contributed by atoms with Gasteiger partial charge >= 0.3 is 0 Å². The van der Waals surface area contributed by atoms with Crippen LogP contribution in [0.2, 0.25) is 0 Å². The fraction of sp³-hybridized carbons (Fsp3) is 0. The fourth-order valence-corrected chi connectivity index (χ4v) is 6.96. The molecule has 7 aromatic carbocycles. The molecule has 10 rings (SSSR count).